The molecule has 1 aromatic heterocycles. The summed E-state index contributed by atoms with van der Waals surface area (Å²) in [6.45, 7) is 2.09. The molecule has 0 aliphatic heterocycles. The number of nitrogens with zero attached hydrogens (tertiary/aromatic N) is 2. The van der Waals surface area contributed by atoms with Gasteiger partial charge in [-0.1, -0.05) is 0 Å². The van der Waals surface area contributed by atoms with Crippen LogP contribution < -0.4 is 5.32 Å². The molecule has 0 saturated heterocycles. The SMILES string of the molecule is CN(C)CCCN(C)S(=O)(=O)c1ccsc1CNC1CC1. The van der Waals surface area contributed by atoms with Crippen molar-refractivity contribution in [2.24, 2.45) is 0 Å². The minimum Gasteiger partial charge on any atom is -0.309 e. The second-order valence-corrected chi connectivity index (χ2v) is 8.86. The van der Waals surface area contributed by atoms with Gasteiger partial charge in [-0.05, 0) is 51.3 Å². The zero-order chi connectivity index (χ0) is 15.5. The molecule has 1 aliphatic carbocycles. The number of sulfonamides is 1. The monoisotopic (exact) mass is 331 g/mol. The third-order valence-corrected chi connectivity index (χ3v) is 6.59. The topological polar surface area (TPSA) is 52.7 Å². The lowest BCUT2D eigenvalue weighted by Gasteiger charge is -2.18. The number of rotatable bonds is 9. The first-order valence-electron chi connectivity index (χ1n) is 7.32. The average molecular weight is 332 g/mol. The van der Waals surface area contributed by atoms with Gasteiger partial charge in [-0.15, -0.1) is 11.3 Å². The lowest BCUT2D eigenvalue weighted by molar-refractivity contribution is 0.370. The first kappa shape index (κ1) is 16.9. The van der Waals surface area contributed by atoms with E-state index in [9.17, 15) is 8.42 Å². The standard InChI is InChI=1S/C14H25N3O2S2/c1-16(2)8-4-9-17(3)21(18,19)14-7-10-20-13(14)11-15-12-5-6-12/h7,10,12,15H,4-6,8-9,11H2,1-3H3. The van der Waals surface area contributed by atoms with Crippen molar-refractivity contribution < 1.29 is 8.42 Å². The predicted octanol–water partition coefficient (Wildman–Crippen LogP) is 1.57. The molecule has 0 unspecified atom stereocenters. The molecule has 0 bridgehead atoms. The van der Waals surface area contributed by atoms with Crippen LogP contribution in [0.5, 0.6) is 0 Å². The van der Waals surface area contributed by atoms with Gasteiger partial charge in [0.15, 0.2) is 0 Å². The summed E-state index contributed by atoms with van der Waals surface area (Å²) in [4.78, 5) is 3.45. The molecular formula is C14H25N3O2S2. The van der Waals surface area contributed by atoms with Crippen molar-refractivity contribution >= 4 is 21.4 Å². The van der Waals surface area contributed by atoms with Crippen LogP contribution in [0.3, 0.4) is 0 Å². The Morgan fingerprint density at radius 3 is 2.62 bits per heavy atom. The van der Waals surface area contributed by atoms with E-state index in [-0.39, 0.29) is 0 Å². The van der Waals surface area contributed by atoms with Crippen molar-refractivity contribution in [2.45, 2.75) is 36.7 Å². The van der Waals surface area contributed by atoms with Crippen LogP contribution in [0.25, 0.3) is 0 Å². The summed E-state index contributed by atoms with van der Waals surface area (Å²) >= 11 is 1.52. The number of thiophene rings is 1. The van der Waals surface area contributed by atoms with Gasteiger partial charge in [0.05, 0.1) is 4.90 Å². The maximum atomic E-state index is 12.6. The molecule has 0 spiro atoms. The first-order valence-corrected chi connectivity index (χ1v) is 9.64. The molecule has 0 atom stereocenters. The molecule has 1 fully saturated rings. The van der Waals surface area contributed by atoms with E-state index in [1.165, 1.54) is 28.5 Å². The normalized spacial score (nSPS) is 16.0. The molecule has 1 saturated carbocycles. The number of hydrogen-bond acceptors (Lipinski definition) is 5. The molecule has 1 heterocycles. The molecular weight excluding hydrogens is 306 g/mol. The Kier molecular flexibility index (Phi) is 5.79. The van der Waals surface area contributed by atoms with Gasteiger partial charge < -0.3 is 10.2 Å². The number of nitrogens with one attached hydrogen (secondary N) is 1. The van der Waals surface area contributed by atoms with E-state index in [1.807, 2.05) is 19.5 Å². The highest BCUT2D eigenvalue weighted by molar-refractivity contribution is 7.89. The fourth-order valence-electron chi connectivity index (χ4n) is 2.11. The van der Waals surface area contributed by atoms with E-state index in [0.29, 0.717) is 24.0 Å². The minimum atomic E-state index is -3.37. The maximum absolute atomic E-state index is 12.6. The van der Waals surface area contributed by atoms with Gasteiger partial charge >= 0.3 is 0 Å². The van der Waals surface area contributed by atoms with Crippen LogP contribution in [0, 0.1) is 0 Å². The summed E-state index contributed by atoms with van der Waals surface area (Å²) in [5.74, 6) is 0. The van der Waals surface area contributed by atoms with Crippen molar-refractivity contribution in [3.8, 4) is 0 Å². The summed E-state index contributed by atoms with van der Waals surface area (Å²) < 4.78 is 26.8. The van der Waals surface area contributed by atoms with Crippen molar-refractivity contribution in [3.05, 3.63) is 16.3 Å². The summed E-state index contributed by atoms with van der Waals surface area (Å²) in [5, 5.41) is 5.25. The van der Waals surface area contributed by atoms with Gasteiger partial charge in [-0.3, -0.25) is 0 Å². The Labute approximate surface area is 132 Å². The van der Waals surface area contributed by atoms with Gasteiger partial charge in [0.2, 0.25) is 10.0 Å². The van der Waals surface area contributed by atoms with Crippen LogP contribution in [0.1, 0.15) is 24.1 Å². The highest BCUT2D eigenvalue weighted by Crippen LogP contribution is 2.26. The van der Waals surface area contributed by atoms with Gasteiger partial charge in [-0.25, -0.2) is 12.7 Å². The zero-order valence-corrected chi connectivity index (χ0v) is 14.6. The van der Waals surface area contributed by atoms with Crippen molar-refractivity contribution in [1.82, 2.24) is 14.5 Å². The zero-order valence-electron chi connectivity index (χ0n) is 13.0. The van der Waals surface area contributed by atoms with Crippen LogP contribution in [0.2, 0.25) is 0 Å². The Bertz CT molecular complexity index is 550. The predicted molar refractivity (Wildman–Crippen MR) is 87.2 cm³/mol. The largest absolute Gasteiger partial charge is 0.309 e. The molecule has 0 aromatic carbocycles. The van der Waals surface area contributed by atoms with Gasteiger partial charge in [0.25, 0.3) is 0 Å². The van der Waals surface area contributed by atoms with E-state index >= 15 is 0 Å². The Morgan fingerprint density at radius 1 is 1.29 bits per heavy atom. The van der Waals surface area contributed by atoms with E-state index in [2.05, 4.69) is 10.2 Å². The lowest BCUT2D eigenvalue weighted by Crippen LogP contribution is -2.30. The second kappa shape index (κ2) is 7.19. The Morgan fingerprint density at radius 2 is 2.00 bits per heavy atom. The van der Waals surface area contributed by atoms with E-state index in [4.69, 9.17) is 0 Å². The summed E-state index contributed by atoms with van der Waals surface area (Å²) in [5.41, 5.74) is 0. The van der Waals surface area contributed by atoms with E-state index in [0.717, 1.165) is 17.8 Å². The maximum Gasteiger partial charge on any atom is 0.243 e. The average Bonchev–Trinajstić information content (AvgIpc) is 3.11. The molecule has 0 radical (unpaired) electrons. The first-order chi connectivity index (χ1) is 9.91. The Balaban J connectivity index is 1.98. The van der Waals surface area contributed by atoms with Crippen molar-refractivity contribution in [3.63, 3.8) is 0 Å². The van der Waals surface area contributed by atoms with Gasteiger partial charge in [0, 0.05) is 31.1 Å². The molecule has 21 heavy (non-hydrogen) atoms. The third kappa shape index (κ3) is 4.75. The lowest BCUT2D eigenvalue weighted by atomic mass is 10.4. The summed E-state index contributed by atoms with van der Waals surface area (Å²) in [6.07, 6.45) is 3.25. The van der Waals surface area contributed by atoms with E-state index < -0.39 is 10.0 Å². The third-order valence-electron chi connectivity index (χ3n) is 3.60. The molecule has 1 N–H and O–H groups in total. The molecule has 7 heteroatoms. The van der Waals surface area contributed by atoms with Crippen LogP contribution in [0.15, 0.2) is 16.3 Å². The molecule has 2 rings (SSSR count). The fourth-order valence-corrected chi connectivity index (χ4v) is 4.68. The second-order valence-electron chi connectivity index (χ2n) is 5.85. The number of hydrogen-bond donors (Lipinski definition) is 1. The van der Waals surface area contributed by atoms with E-state index in [1.54, 1.807) is 13.1 Å². The van der Waals surface area contributed by atoms with Crippen LogP contribution >= 0.6 is 11.3 Å². The Hall–Kier alpha value is -0.470. The van der Waals surface area contributed by atoms with Crippen LogP contribution in [-0.4, -0.2) is 57.9 Å². The molecule has 1 aromatic rings. The highest BCUT2D eigenvalue weighted by atomic mass is 32.2. The van der Waals surface area contributed by atoms with Crippen LogP contribution in [-0.2, 0) is 16.6 Å². The van der Waals surface area contributed by atoms with Gasteiger partial charge in [0.1, 0.15) is 0 Å². The fraction of sp³-hybridized carbons (Fsp3) is 0.714. The minimum absolute atomic E-state index is 0.466. The van der Waals surface area contributed by atoms with Crippen molar-refractivity contribution in [2.75, 3.05) is 34.2 Å². The van der Waals surface area contributed by atoms with Crippen molar-refractivity contribution in [1.29, 1.82) is 0 Å². The molecule has 1 aliphatic rings. The molecule has 0 amide bonds. The summed E-state index contributed by atoms with van der Waals surface area (Å²) in [7, 11) is 2.29. The van der Waals surface area contributed by atoms with Crippen LogP contribution in [0.4, 0.5) is 0 Å². The summed E-state index contributed by atoms with van der Waals surface area (Å²) in [6, 6.07) is 2.31. The molecule has 120 valence electrons. The molecule has 5 nitrogen and oxygen atoms in total. The highest BCUT2D eigenvalue weighted by Gasteiger charge is 2.26. The van der Waals surface area contributed by atoms with Gasteiger partial charge in [-0.2, -0.15) is 0 Å². The smallest absolute Gasteiger partial charge is 0.243 e. The quantitative estimate of drug-likeness (QED) is 0.746.